The summed E-state index contributed by atoms with van der Waals surface area (Å²) < 4.78 is 1.36. The molecule has 0 N–H and O–H groups in total. The van der Waals surface area contributed by atoms with Gasteiger partial charge in [0, 0.05) is 11.7 Å². The molecule has 3 rings (SSSR count). The molecular formula is C21H24N2S. The fraction of sp³-hybridized carbons (Fsp3) is 0.286. The topological polar surface area (TPSA) is 15.6 Å². The summed E-state index contributed by atoms with van der Waals surface area (Å²) in [5, 5.41) is 10.0. The van der Waals surface area contributed by atoms with Crippen molar-refractivity contribution in [2.24, 2.45) is 5.10 Å². The Balaban J connectivity index is 1.69. The van der Waals surface area contributed by atoms with E-state index >= 15 is 0 Å². The molecule has 0 fully saturated rings. The largest absolute Gasteiger partial charge is 0.296 e. The molecule has 0 unspecified atom stereocenters. The second-order valence-corrected chi connectivity index (χ2v) is 8.10. The van der Waals surface area contributed by atoms with Crippen LogP contribution >= 0.6 is 11.3 Å². The molecule has 0 bridgehead atoms. The molecule has 0 aliphatic carbocycles. The van der Waals surface area contributed by atoms with Gasteiger partial charge in [-0.3, -0.25) is 5.01 Å². The summed E-state index contributed by atoms with van der Waals surface area (Å²) in [5.74, 6) is 0. The van der Waals surface area contributed by atoms with Gasteiger partial charge in [0.1, 0.15) is 0 Å². The fourth-order valence-corrected chi connectivity index (χ4v) is 3.61. The number of rotatable bonds is 4. The van der Waals surface area contributed by atoms with E-state index in [1.54, 1.807) is 11.3 Å². The second-order valence-electron chi connectivity index (χ2n) is 7.19. The molecule has 0 aliphatic rings. The smallest absolute Gasteiger partial charge is 0.0621 e. The molecular weight excluding hydrogens is 312 g/mol. The zero-order valence-corrected chi connectivity index (χ0v) is 15.6. The first-order valence-corrected chi connectivity index (χ1v) is 9.12. The zero-order chi connectivity index (χ0) is 17.2. The highest BCUT2D eigenvalue weighted by molar-refractivity contribution is 7.17. The molecule has 3 aromatic rings. The standard InChI is InChI=1S/C21H24N2S/c1-21(2,3)19-10-8-16(9-11-19)14-22-23(4)15-18-7-5-6-17-12-13-24-20(17)18/h5-14H,15H2,1-4H3/b22-14-. The van der Waals surface area contributed by atoms with Gasteiger partial charge in [-0.1, -0.05) is 63.2 Å². The van der Waals surface area contributed by atoms with Gasteiger partial charge < -0.3 is 0 Å². The maximum atomic E-state index is 4.59. The first-order valence-electron chi connectivity index (χ1n) is 8.24. The van der Waals surface area contributed by atoms with E-state index in [9.17, 15) is 0 Å². The second kappa shape index (κ2) is 6.78. The predicted molar refractivity (Wildman–Crippen MR) is 106 cm³/mol. The van der Waals surface area contributed by atoms with Gasteiger partial charge in [0.05, 0.1) is 12.8 Å². The molecule has 0 spiro atoms. The van der Waals surface area contributed by atoms with Crippen LogP contribution in [0.4, 0.5) is 0 Å². The minimum absolute atomic E-state index is 0.186. The summed E-state index contributed by atoms with van der Waals surface area (Å²) in [6.07, 6.45) is 1.93. The van der Waals surface area contributed by atoms with Crippen LogP contribution in [-0.4, -0.2) is 18.3 Å². The lowest BCUT2D eigenvalue weighted by atomic mass is 9.87. The third-order valence-corrected chi connectivity index (χ3v) is 5.15. The van der Waals surface area contributed by atoms with Gasteiger partial charge in [-0.05, 0) is 38.9 Å². The quantitative estimate of drug-likeness (QED) is 0.443. The van der Waals surface area contributed by atoms with Crippen molar-refractivity contribution < 1.29 is 0 Å². The van der Waals surface area contributed by atoms with Crippen LogP contribution in [0, 0.1) is 0 Å². The molecule has 2 nitrogen and oxygen atoms in total. The number of hydrazone groups is 1. The number of fused-ring (bicyclic) bond motifs is 1. The van der Waals surface area contributed by atoms with Crippen LogP contribution in [0.3, 0.4) is 0 Å². The van der Waals surface area contributed by atoms with Gasteiger partial charge in [-0.25, -0.2) is 0 Å². The molecule has 0 amide bonds. The lowest BCUT2D eigenvalue weighted by Crippen LogP contribution is -2.11. The van der Waals surface area contributed by atoms with Crippen LogP contribution < -0.4 is 0 Å². The molecule has 124 valence electrons. The summed E-state index contributed by atoms with van der Waals surface area (Å²) >= 11 is 1.80. The Labute approximate surface area is 148 Å². The Hall–Kier alpha value is -2.13. The van der Waals surface area contributed by atoms with Crippen molar-refractivity contribution in [1.29, 1.82) is 0 Å². The molecule has 1 aromatic heterocycles. The Bertz CT molecular complexity index is 838. The van der Waals surface area contributed by atoms with E-state index in [1.165, 1.54) is 21.2 Å². The summed E-state index contributed by atoms with van der Waals surface area (Å²) in [6, 6.07) is 17.3. The third kappa shape index (κ3) is 3.85. The number of nitrogens with zero attached hydrogens (tertiary/aromatic N) is 2. The van der Waals surface area contributed by atoms with E-state index in [0.29, 0.717) is 0 Å². The van der Waals surface area contributed by atoms with Crippen molar-refractivity contribution in [3.05, 3.63) is 70.6 Å². The maximum absolute atomic E-state index is 4.59. The van der Waals surface area contributed by atoms with Crippen molar-refractivity contribution in [3.8, 4) is 0 Å². The molecule has 0 radical (unpaired) electrons. The van der Waals surface area contributed by atoms with Crippen LogP contribution in [0.2, 0.25) is 0 Å². The van der Waals surface area contributed by atoms with Crippen molar-refractivity contribution in [2.45, 2.75) is 32.7 Å². The van der Waals surface area contributed by atoms with E-state index in [2.05, 4.69) is 79.8 Å². The first-order chi connectivity index (χ1) is 11.4. The molecule has 0 aliphatic heterocycles. The zero-order valence-electron chi connectivity index (χ0n) is 14.8. The molecule has 0 atom stereocenters. The molecule has 0 saturated carbocycles. The molecule has 0 saturated heterocycles. The van der Waals surface area contributed by atoms with Gasteiger partial charge in [-0.15, -0.1) is 11.3 Å². The van der Waals surface area contributed by atoms with Crippen molar-refractivity contribution >= 4 is 27.6 Å². The average Bonchev–Trinajstić information content (AvgIpc) is 3.02. The lowest BCUT2D eigenvalue weighted by molar-refractivity contribution is 0.350. The Morgan fingerprint density at radius 1 is 1.04 bits per heavy atom. The average molecular weight is 337 g/mol. The third-order valence-electron chi connectivity index (χ3n) is 4.14. The summed E-state index contributed by atoms with van der Waals surface area (Å²) in [6.45, 7) is 7.51. The van der Waals surface area contributed by atoms with E-state index < -0.39 is 0 Å². The normalized spacial score (nSPS) is 12.2. The van der Waals surface area contributed by atoms with Gasteiger partial charge >= 0.3 is 0 Å². The minimum atomic E-state index is 0.186. The highest BCUT2D eigenvalue weighted by Crippen LogP contribution is 2.25. The van der Waals surface area contributed by atoms with Crippen LogP contribution in [0.25, 0.3) is 10.1 Å². The van der Waals surface area contributed by atoms with Gasteiger partial charge in [-0.2, -0.15) is 5.10 Å². The van der Waals surface area contributed by atoms with Crippen molar-refractivity contribution in [1.82, 2.24) is 5.01 Å². The summed E-state index contributed by atoms with van der Waals surface area (Å²) in [4.78, 5) is 0. The molecule has 3 heteroatoms. The number of hydrogen-bond donors (Lipinski definition) is 0. The van der Waals surface area contributed by atoms with E-state index in [0.717, 1.165) is 12.1 Å². The SMILES string of the molecule is CN(Cc1cccc2ccsc12)/N=C\c1ccc(C(C)(C)C)cc1. The Kier molecular flexibility index (Phi) is 4.72. The van der Waals surface area contributed by atoms with Crippen molar-refractivity contribution in [2.75, 3.05) is 7.05 Å². The minimum Gasteiger partial charge on any atom is -0.296 e. The van der Waals surface area contributed by atoms with Crippen LogP contribution in [0.15, 0.2) is 59.0 Å². The van der Waals surface area contributed by atoms with Gasteiger partial charge in [0.2, 0.25) is 0 Å². The van der Waals surface area contributed by atoms with E-state index in [1.807, 2.05) is 18.3 Å². The summed E-state index contributed by atoms with van der Waals surface area (Å²) in [7, 11) is 2.02. The molecule has 2 aromatic carbocycles. The molecule has 1 heterocycles. The highest BCUT2D eigenvalue weighted by Gasteiger charge is 2.12. The Morgan fingerprint density at radius 3 is 2.50 bits per heavy atom. The number of benzene rings is 2. The monoisotopic (exact) mass is 336 g/mol. The fourth-order valence-electron chi connectivity index (χ4n) is 2.70. The predicted octanol–water partition coefficient (Wildman–Crippen LogP) is 5.66. The summed E-state index contributed by atoms with van der Waals surface area (Å²) in [5.41, 5.74) is 3.98. The van der Waals surface area contributed by atoms with Crippen molar-refractivity contribution in [3.63, 3.8) is 0 Å². The first kappa shape index (κ1) is 16.7. The van der Waals surface area contributed by atoms with E-state index in [-0.39, 0.29) is 5.41 Å². The number of thiophene rings is 1. The Morgan fingerprint density at radius 2 is 1.79 bits per heavy atom. The van der Waals surface area contributed by atoms with Crippen LogP contribution in [-0.2, 0) is 12.0 Å². The van der Waals surface area contributed by atoms with Gasteiger partial charge in [0.25, 0.3) is 0 Å². The number of hydrogen-bond acceptors (Lipinski definition) is 3. The molecule has 24 heavy (non-hydrogen) atoms. The maximum Gasteiger partial charge on any atom is 0.0621 e. The van der Waals surface area contributed by atoms with E-state index in [4.69, 9.17) is 0 Å². The van der Waals surface area contributed by atoms with Gasteiger partial charge in [0.15, 0.2) is 0 Å². The van der Waals surface area contributed by atoms with Crippen LogP contribution in [0.1, 0.15) is 37.5 Å². The highest BCUT2D eigenvalue weighted by atomic mass is 32.1. The lowest BCUT2D eigenvalue weighted by Gasteiger charge is -2.18. The van der Waals surface area contributed by atoms with Crippen LogP contribution in [0.5, 0.6) is 0 Å².